The molecular formula is C14H28O2. The molecule has 0 N–H and O–H groups in total. The van der Waals surface area contributed by atoms with Gasteiger partial charge in [0.1, 0.15) is 0 Å². The number of carbonyl (C=O) groups is 1. The number of carbonyl (C=O) groups excluding carboxylic acids is 1. The average molecular weight is 228 g/mol. The molecule has 0 aromatic rings. The van der Waals surface area contributed by atoms with Crippen molar-refractivity contribution < 1.29 is 9.53 Å². The minimum atomic E-state index is 0.00713. The smallest absolute Gasteiger partial charge is 0.308 e. The molecule has 0 radical (unpaired) electrons. The van der Waals surface area contributed by atoms with Gasteiger partial charge in [-0.1, -0.05) is 53.4 Å². The first-order chi connectivity index (χ1) is 7.61. The summed E-state index contributed by atoms with van der Waals surface area (Å²) in [4.78, 5) is 11.7. The van der Waals surface area contributed by atoms with Crippen LogP contribution in [-0.2, 0) is 9.53 Å². The summed E-state index contributed by atoms with van der Waals surface area (Å²) in [6.45, 7) is 8.96. The molecule has 16 heavy (non-hydrogen) atoms. The van der Waals surface area contributed by atoms with Gasteiger partial charge in [0.25, 0.3) is 0 Å². The van der Waals surface area contributed by atoms with Crippen LogP contribution in [-0.4, -0.2) is 12.6 Å². The summed E-state index contributed by atoms with van der Waals surface area (Å²) < 4.78 is 5.27. The van der Waals surface area contributed by atoms with Crippen molar-refractivity contribution in [3.63, 3.8) is 0 Å². The maximum Gasteiger partial charge on any atom is 0.308 e. The van der Waals surface area contributed by atoms with Gasteiger partial charge in [-0.15, -0.1) is 0 Å². The summed E-state index contributed by atoms with van der Waals surface area (Å²) >= 11 is 0. The van der Waals surface area contributed by atoms with E-state index in [1.54, 1.807) is 0 Å². The normalized spacial score (nSPS) is 12.8. The van der Waals surface area contributed by atoms with E-state index in [2.05, 4.69) is 27.7 Å². The topological polar surface area (TPSA) is 26.3 Å². The van der Waals surface area contributed by atoms with Crippen molar-refractivity contribution >= 4 is 5.97 Å². The molecule has 0 aliphatic heterocycles. The molecule has 0 aliphatic carbocycles. The summed E-state index contributed by atoms with van der Waals surface area (Å²) in [6.07, 6.45) is 6.82. The van der Waals surface area contributed by atoms with E-state index in [1.807, 2.05) is 0 Å². The predicted octanol–water partition coefficient (Wildman–Crippen LogP) is 4.18. The Balaban J connectivity index is 3.74. The predicted molar refractivity (Wildman–Crippen MR) is 68.3 cm³/mol. The van der Waals surface area contributed by atoms with E-state index < -0.39 is 0 Å². The minimum Gasteiger partial charge on any atom is -0.465 e. The Kier molecular flexibility index (Phi) is 9.36. The van der Waals surface area contributed by atoms with Crippen molar-refractivity contribution in [1.82, 2.24) is 0 Å². The lowest BCUT2D eigenvalue weighted by atomic mass is 9.98. The molecule has 0 saturated carbocycles. The van der Waals surface area contributed by atoms with Crippen molar-refractivity contribution in [2.75, 3.05) is 6.61 Å². The fraction of sp³-hybridized carbons (Fsp3) is 0.929. The Bertz CT molecular complexity index is 176. The molecular weight excluding hydrogens is 200 g/mol. The quantitative estimate of drug-likeness (QED) is 0.437. The zero-order chi connectivity index (χ0) is 12.4. The molecule has 0 amide bonds. The second-order valence-electron chi connectivity index (χ2n) is 4.98. The van der Waals surface area contributed by atoms with Crippen LogP contribution in [0.1, 0.15) is 66.2 Å². The molecule has 0 aromatic carbocycles. The standard InChI is InChI=1S/C14H28O2/c1-5-7-8-9-10-13(6-2)14(15)16-11-12(3)4/h12-13H,5-11H2,1-4H3. The molecule has 0 saturated heterocycles. The Labute approximate surface area is 101 Å². The van der Waals surface area contributed by atoms with Gasteiger partial charge >= 0.3 is 5.97 Å². The van der Waals surface area contributed by atoms with Gasteiger partial charge in [-0.3, -0.25) is 4.79 Å². The second-order valence-corrected chi connectivity index (χ2v) is 4.98. The molecule has 0 bridgehead atoms. The highest BCUT2D eigenvalue weighted by molar-refractivity contribution is 5.72. The largest absolute Gasteiger partial charge is 0.465 e. The maximum absolute atomic E-state index is 11.7. The van der Waals surface area contributed by atoms with E-state index >= 15 is 0 Å². The molecule has 0 fully saturated rings. The highest BCUT2D eigenvalue weighted by Gasteiger charge is 2.17. The monoisotopic (exact) mass is 228 g/mol. The van der Waals surface area contributed by atoms with Crippen LogP contribution in [0.4, 0.5) is 0 Å². The van der Waals surface area contributed by atoms with E-state index in [-0.39, 0.29) is 11.9 Å². The van der Waals surface area contributed by atoms with Gasteiger partial charge in [-0.05, 0) is 18.8 Å². The molecule has 1 atom stereocenters. The van der Waals surface area contributed by atoms with Gasteiger partial charge in [0, 0.05) is 0 Å². The van der Waals surface area contributed by atoms with Crippen LogP contribution in [0, 0.1) is 11.8 Å². The molecule has 0 heterocycles. The van der Waals surface area contributed by atoms with Crippen molar-refractivity contribution in [1.29, 1.82) is 0 Å². The number of hydrogen-bond acceptors (Lipinski definition) is 2. The zero-order valence-corrected chi connectivity index (χ0v) is 11.4. The molecule has 2 nitrogen and oxygen atoms in total. The number of unbranched alkanes of at least 4 members (excludes halogenated alkanes) is 3. The summed E-state index contributed by atoms with van der Waals surface area (Å²) in [5, 5.41) is 0. The Morgan fingerprint density at radius 3 is 2.31 bits per heavy atom. The fourth-order valence-corrected chi connectivity index (χ4v) is 1.67. The number of esters is 1. The van der Waals surface area contributed by atoms with Crippen LogP contribution in [0.15, 0.2) is 0 Å². The van der Waals surface area contributed by atoms with Crippen LogP contribution in [0.25, 0.3) is 0 Å². The van der Waals surface area contributed by atoms with Crippen LogP contribution < -0.4 is 0 Å². The molecule has 0 aliphatic rings. The summed E-state index contributed by atoms with van der Waals surface area (Å²) in [6, 6.07) is 0. The van der Waals surface area contributed by atoms with Gasteiger partial charge in [0.2, 0.25) is 0 Å². The van der Waals surface area contributed by atoms with Crippen LogP contribution in [0.2, 0.25) is 0 Å². The van der Waals surface area contributed by atoms with Crippen LogP contribution in [0.5, 0.6) is 0 Å². The van der Waals surface area contributed by atoms with Gasteiger partial charge in [-0.2, -0.15) is 0 Å². The third kappa shape index (κ3) is 7.72. The first-order valence-electron chi connectivity index (χ1n) is 6.78. The number of ether oxygens (including phenoxy) is 1. The Morgan fingerprint density at radius 1 is 1.12 bits per heavy atom. The second kappa shape index (κ2) is 9.68. The molecule has 96 valence electrons. The van der Waals surface area contributed by atoms with Crippen LogP contribution in [0.3, 0.4) is 0 Å². The van der Waals surface area contributed by atoms with E-state index in [1.165, 1.54) is 19.3 Å². The highest BCUT2D eigenvalue weighted by Crippen LogP contribution is 2.16. The van der Waals surface area contributed by atoms with Crippen LogP contribution >= 0.6 is 0 Å². The molecule has 0 spiro atoms. The molecule has 2 heteroatoms. The van der Waals surface area contributed by atoms with E-state index in [4.69, 9.17) is 4.74 Å². The lowest BCUT2D eigenvalue weighted by molar-refractivity contribution is -0.150. The first kappa shape index (κ1) is 15.5. The lowest BCUT2D eigenvalue weighted by Crippen LogP contribution is -2.19. The van der Waals surface area contributed by atoms with Gasteiger partial charge in [0.15, 0.2) is 0 Å². The van der Waals surface area contributed by atoms with E-state index in [9.17, 15) is 4.79 Å². The fourth-order valence-electron chi connectivity index (χ4n) is 1.67. The summed E-state index contributed by atoms with van der Waals surface area (Å²) in [7, 11) is 0. The molecule has 1 unspecified atom stereocenters. The van der Waals surface area contributed by atoms with Crippen molar-refractivity contribution in [3.05, 3.63) is 0 Å². The Morgan fingerprint density at radius 2 is 1.81 bits per heavy atom. The first-order valence-corrected chi connectivity index (χ1v) is 6.78. The molecule has 0 aromatic heterocycles. The van der Waals surface area contributed by atoms with Gasteiger partial charge in [0.05, 0.1) is 12.5 Å². The zero-order valence-electron chi connectivity index (χ0n) is 11.4. The van der Waals surface area contributed by atoms with Gasteiger partial charge < -0.3 is 4.74 Å². The van der Waals surface area contributed by atoms with E-state index in [0.29, 0.717) is 12.5 Å². The number of rotatable bonds is 9. The third-order valence-electron chi connectivity index (χ3n) is 2.79. The summed E-state index contributed by atoms with van der Waals surface area (Å²) in [5.74, 6) is 0.560. The maximum atomic E-state index is 11.7. The Hall–Kier alpha value is -0.530. The van der Waals surface area contributed by atoms with Crippen molar-refractivity contribution in [2.45, 2.75) is 66.2 Å². The SMILES string of the molecule is CCCCCCC(CC)C(=O)OCC(C)C. The van der Waals surface area contributed by atoms with Gasteiger partial charge in [-0.25, -0.2) is 0 Å². The summed E-state index contributed by atoms with van der Waals surface area (Å²) in [5.41, 5.74) is 0. The number of hydrogen-bond donors (Lipinski definition) is 0. The lowest BCUT2D eigenvalue weighted by Gasteiger charge is -2.15. The third-order valence-corrected chi connectivity index (χ3v) is 2.79. The molecule has 0 rings (SSSR count). The van der Waals surface area contributed by atoms with Crippen molar-refractivity contribution in [3.8, 4) is 0 Å². The minimum absolute atomic E-state index is 0.00713. The van der Waals surface area contributed by atoms with E-state index in [0.717, 1.165) is 19.3 Å². The van der Waals surface area contributed by atoms with Crippen molar-refractivity contribution in [2.24, 2.45) is 11.8 Å². The average Bonchev–Trinajstić information content (AvgIpc) is 2.26. The highest BCUT2D eigenvalue weighted by atomic mass is 16.5.